The summed E-state index contributed by atoms with van der Waals surface area (Å²) >= 11 is 0. The molecule has 5 rings (SSSR count). The van der Waals surface area contributed by atoms with E-state index in [0.29, 0.717) is 56.8 Å². The van der Waals surface area contributed by atoms with Crippen LogP contribution in [-0.4, -0.2) is 83.4 Å². The number of benzene rings is 1. The van der Waals surface area contributed by atoms with Crippen LogP contribution in [0.1, 0.15) is 69.2 Å². The van der Waals surface area contributed by atoms with Gasteiger partial charge in [-0.1, -0.05) is 31.2 Å². The summed E-state index contributed by atoms with van der Waals surface area (Å²) in [4.78, 5) is 29.5. The maximum atomic E-state index is 14.0. The summed E-state index contributed by atoms with van der Waals surface area (Å²) in [7, 11) is 0. The quantitative estimate of drug-likeness (QED) is 0.283. The first-order valence-electron chi connectivity index (χ1n) is 16.0. The van der Waals surface area contributed by atoms with Gasteiger partial charge in [0.25, 0.3) is 5.91 Å². The summed E-state index contributed by atoms with van der Waals surface area (Å²) in [6.07, 6.45) is 6.37. The van der Waals surface area contributed by atoms with Crippen LogP contribution < -0.4 is 5.32 Å². The second kappa shape index (κ2) is 13.7. The van der Waals surface area contributed by atoms with Gasteiger partial charge in [-0.05, 0) is 94.0 Å². The molecule has 1 amide bonds. The van der Waals surface area contributed by atoms with E-state index in [1.165, 1.54) is 24.3 Å². The van der Waals surface area contributed by atoms with Gasteiger partial charge < -0.3 is 20.1 Å². The third-order valence-electron chi connectivity index (χ3n) is 9.74. The first-order chi connectivity index (χ1) is 21.4. The summed E-state index contributed by atoms with van der Waals surface area (Å²) < 4.78 is 60.7. The predicted octanol–water partition coefficient (Wildman–Crippen LogP) is 6.59. The molecule has 1 aromatic rings. The zero-order valence-corrected chi connectivity index (χ0v) is 25.9. The van der Waals surface area contributed by atoms with Crippen molar-refractivity contribution >= 4 is 17.6 Å². The highest BCUT2D eigenvalue weighted by Crippen LogP contribution is 2.48. The summed E-state index contributed by atoms with van der Waals surface area (Å²) in [6, 6.07) is 4.02. The number of halogens is 4. The average molecular weight is 634 g/mol. The standard InChI is InChI=1S/C34H43F4N3O4/c1-3-40(20-22(2)39-27-10-11-30(35)29(19-27)31(42)43)28-12-15-33(45-21-28,25-8-9-25)32(44)41-16-13-23(14-17-41)24-6-4-5-7-26(18-24)34(36,37)38/h4-6,10-11,18-19,22-23,25,28,39H,3,7-9,12-17,20-21H2,1-2H3,(H,42,43)/t22?,28-,33?/m1/s1. The van der Waals surface area contributed by atoms with E-state index in [4.69, 9.17) is 4.74 Å². The van der Waals surface area contributed by atoms with Crippen molar-refractivity contribution in [2.75, 3.05) is 38.1 Å². The molecule has 3 fully saturated rings. The number of anilines is 1. The number of allylic oxidation sites excluding steroid dienone is 6. The normalized spacial score (nSPS) is 25.4. The van der Waals surface area contributed by atoms with Crippen LogP contribution in [0.4, 0.5) is 23.2 Å². The van der Waals surface area contributed by atoms with Crippen molar-refractivity contribution in [1.29, 1.82) is 0 Å². The monoisotopic (exact) mass is 633 g/mol. The Balaban J connectivity index is 1.17. The number of likely N-dealkylation sites (tertiary alicyclic amines) is 1. The van der Waals surface area contributed by atoms with Crippen LogP contribution in [0, 0.1) is 17.7 Å². The third kappa shape index (κ3) is 7.62. The highest BCUT2D eigenvalue weighted by atomic mass is 19.4. The lowest BCUT2D eigenvalue weighted by Gasteiger charge is -2.46. The average Bonchev–Trinajstić information content (AvgIpc) is 3.88. The Hall–Kier alpha value is -3.18. The van der Waals surface area contributed by atoms with Gasteiger partial charge in [0.1, 0.15) is 11.4 Å². The van der Waals surface area contributed by atoms with Gasteiger partial charge in [-0.2, -0.15) is 13.2 Å². The van der Waals surface area contributed by atoms with E-state index in [-0.39, 0.29) is 41.8 Å². The summed E-state index contributed by atoms with van der Waals surface area (Å²) in [5.74, 6) is -1.91. The van der Waals surface area contributed by atoms with Crippen molar-refractivity contribution in [2.45, 2.75) is 82.7 Å². The molecule has 3 atom stereocenters. The molecule has 2 N–H and O–H groups in total. The summed E-state index contributed by atoms with van der Waals surface area (Å²) in [5.41, 5.74) is -0.545. The molecule has 0 radical (unpaired) electrons. The number of aromatic carboxylic acids is 1. The van der Waals surface area contributed by atoms with Crippen LogP contribution in [0.3, 0.4) is 0 Å². The van der Waals surface area contributed by atoms with Crippen molar-refractivity contribution < 1.29 is 37.0 Å². The van der Waals surface area contributed by atoms with E-state index in [9.17, 15) is 32.3 Å². The van der Waals surface area contributed by atoms with Crippen LogP contribution in [0.5, 0.6) is 0 Å². The molecule has 2 heterocycles. The molecular weight excluding hydrogens is 590 g/mol. The second-order valence-electron chi connectivity index (χ2n) is 12.8. The van der Waals surface area contributed by atoms with Gasteiger partial charge in [0.2, 0.25) is 0 Å². The van der Waals surface area contributed by atoms with Crippen LogP contribution >= 0.6 is 0 Å². The number of hydrogen-bond acceptors (Lipinski definition) is 5. The van der Waals surface area contributed by atoms with Gasteiger partial charge >= 0.3 is 12.1 Å². The fourth-order valence-electron chi connectivity index (χ4n) is 7.10. The molecule has 1 saturated carbocycles. The number of hydrogen-bond donors (Lipinski definition) is 2. The van der Waals surface area contributed by atoms with Crippen molar-refractivity contribution in [1.82, 2.24) is 9.80 Å². The van der Waals surface area contributed by atoms with Crippen molar-refractivity contribution in [3.05, 3.63) is 65.0 Å². The lowest BCUT2D eigenvalue weighted by Crippen LogP contribution is -2.59. The number of nitrogens with zero attached hydrogens (tertiary/aromatic N) is 2. The van der Waals surface area contributed by atoms with Gasteiger partial charge in [-0.25, -0.2) is 9.18 Å². The topological polar surface area (TPSA) is 82.1 Å². The number of amides is 1. The van der Waals surface area contributed by atoms with Crippen molar-refractivity contribution in [2.24, 2.45) is 11.8 Å². The van der Waals surface area contributed by atoms with E-state index >= 15 is 0 Å². The van der Waals surface area contributed by atoms with E-state index in [2.05, 4.69) is 17.1 Å². The fourth-order valence-corrected chi connectivity index (χ4v) is 7.10. The van der Waals surface area contributed by atoms with E-state index in [0.717, 1.165) is 31.9 Å². The number of carboxylic acid groups (broad SMARTS) is 1. The van der Waals surface area contributed by atoms with Crippen molar-refractivity contribution in [3.63, 3.8) is 0 Å². The first kappa shape index (κ1) is 33.2. The Morgan fingerprint density at radius 1 is 1.18 bits per heavy atom. The number of nitrogens with one attached hydrogen (secondary N) is 1. The predicted molar refractivity (Wildman–Crippen MR) is 163 cm³/mol. The highest BCUT2D eigenvalue weighted by molar-refractivity contribution is 5.89. The second-order valence-corrected chi connectivity index (χ2v) is 12.8. The number of carbonyl (C=O) groups is 2. The van der Waals surface area contributed by atoms with E-state index < -0.39 is 29.1 Å². The molecule has 0 spiro atoms. The van der Waals surface area contributed by atoms with Crippen LogP contribution in [0.15, 0.2) is 53.6 Å². The van der Waals surface area contributed by atoms with E-state index in [1.807, 2.05) is 11.8 Å². The van der Waals surface area contributed by atoms with Gasteiger partial charge in [0, 0.05) is 43.0 Å². The number of piperidine rings is 1. The first-order valence-corrected chi connectivity index (χ1v) is 16.0. The van der Waals surface area contributed by atoms with Gasteiger partial charge in [0.15, 0.2) is 0 Å². The Kier molecular flexibility index (Phi) is 10.1. The minimum Gasteiger partial charge on any atom is -0.478 e. The zero-order chi connectivity index (χ0) is 32.4. The summed E-state index contributed by atoms with van der Waals surface area (Å²) in [5, 5.41) is 12.5. The third-order valence-corrected chi connectivity index (χ3v) is 9.74. The molecule has 7 nitrogen and oxygen atoms in total. The molecule has 0 bridgehead atoms. The Bertz CT molecular complexity index is 1340. The van der Waals surface area contributed by atoms with Gasteiger partial charge in [-0.15, -0.1) is 0 Å². The Morgan fingerprint density at radius 3 is 2.51 bits per heavy atom. The lowest BCUT2D eigenvalue weighted by atomic mass is 9.83. The number of alkyl halides is 3. The lowest BCUT2D eigenvalue weighted by molar-refractivity contribution is -0.176. The van der Waals surface area contributed by atoms with Crippen LogP contribution in [0.2, 0.25) is 0 Å². The molecule has 2 saturated heterocycles. The van der Waals surface area contributed by atoms with Gasteiger partial charge in [-0.3, -0.25) is 9.69 Å². The van der Waals surface area contributed by atoms with Crippen LogP contribution in [0.25, 0.3) is 0 Å². The molecular formula is C34H43F4N3O4. The molecule has 0 aromatic heterocycles. The SMILES string of the molecule is CCN(CC(C)Nc1ccc(F)c(C(=O)O)c1)[C@@H]1CCC(C(=O)N2CCC(C3=CC=CCC(C(F)(F)F)=C3)CC2)(C2CC2)OC1. The molecule has 1 aromatic carbocycles. The van der Waals surface area contributed by atoms with Crippen LogP contribution in [-0.2, 0) is 9.53 Å². The number of carboxylic acids is 1. The molecule has 4 aliphatic rings. The maximum Gasteiger partial charge on any atom is 0.413 e. The number of ether oxygens (including phenoxy) is 1. The molecule has 45 heavy (non-hydrogen) atoms. The molecule has 11 heteroatoms. The number of carbonyl (C=O) groups excluding carboxylic acids is 1. The van der Waals surface area contributed by atoms with Crippen molar-refractivity contribution in [3.8, 4) is 0 Å². The Morgan fingerprint density at radius 2 is 1.91 bits per heavy atom. The fraction of sp³-hybridized carbons (Fsp3) is 0.588. The summed E-state index contributed by atoms with van der Waals surface area (Å²) in [6.45, 7) is 6.88. The number of rotatable bonds is 10. The maximum absolute atomic E-state index is 14.0. The minimum atomic E-state index is -4.35. The molecule has 2 aliphatic carbocycles. The largest absolute Gasteiger partial charge is 0.478 e. The smallest absolute Gasteiger partial charge is 0.413 e. The minimum absolute atomic E-state index is 0.0202. The molecule has 2 aliphatic heterocycles. The zero-order valence-electron chi connectivity index (χ0n) is 25.9. The highest BCUT2D eigenvalue weighted by Gasteiger charge is 2.55. The molecule has 2 unspecified atom stereocenters. The molecule has 246 valence electrons. The Labute approximate surface area is 262 Å². The number of likely N-dealkylation sites (N-methyl/N-ethyl adjacent to an activating group) is 1. The van der Waals surface area contributed by atoms with Gasteiger partial charge in [0.05, 0.1) is 12.2 Å². The van der Waals surface area contributed by atoms with E-state index in [1.54, 1.807) is 12.2 Å².